The zero-order valence-electron chi connectivity index (χ0n) is 12.4. The molecule has 1 unspecified atom stereocenters. The van der Waals surface area contributed by atoms with E-state index in [4.69, 9.17) is 0 Å². The van der Waals surface area contributed by atoms with Crippen molar-refractivity contribution in [1.82, 2.24) is 15.4 Å². The summed E-state index contributed by atoms with van der Waals surface area (Å²) in [7, 11) is -3.67. The van der Waals surface area contributed by atoms with Crippen LogP contribution in [0.5, 0.6) is 0 Å². The topological polar surface area (TPSA) is 87.3 Å². The average molecular weight is 313 g/mol. The molecule has 0 heterocycles. The van der Waals surface area contributed by atoms with E-state index < -0.39 is 16.1 Å². The first kappa shape index (κ1) is 17.6. The lowest BCUT2D eigenvalue weighted by atomic mass is 10.3. The number of rotatable bonds is 9. The molecule has 0 aliphatic carbocycles. The Morgan fingerprint density at radius 2 is 1.81 bits per heavy atom. The molecule has 0 spiro atoms. The zero-order chi connectivity index (χ0) is 15.7. The van der Waals surface area contributed by atoms with E-state index in [-0.39, 0.29) is 10.8 Å². The third kappa shape index (κ3) is 6.24. The van der Waals surface area contributed by atoms with Gasteiger partial charge in [-0.3, -0.25) is 4.79 Å². The van der Waals surface area contributed by atoms with Crippen molar-refractivity contribution in [3.63, 3.8) is 0 Å². The van der Waals surface area contributed by atoms with Crippen molar-refractivity contribution in [3.05, 3.63) is 30.3 Å². The first-order valence-electron chi connectivity index (χ1n) is 7.03. The third-order valence-electron chi connectivity index (χ3n) is 2.81. The molecule has 0 aliphatic heterocycles. The predicted octanol–water partition coefficient (Wildman–Crippen LogP) is 0.469. The Bertz CT molecular complexity index is 532. The summed E-state index contributed by atoms with van der Waals surface area (Å²) in [4.78, 5) is 12.0. The minimum absolute atomic E-state index is 0.147. The van der Waals surface area contributed by atoms with Crippen LogP contribution in [0, 0.1) is 0 Å². The largest absolute Gasteiger partial charge is 0.353 e. The number of nitrogens with one attached hydrogen (secondary N) is 3. The zero-order valence-corrected chi connectivity index (χ0v) is 13.2. The minimum Gasteiger partial charge on any atom is -0.353 e. The van der Waals surface area contributed by atoms with Crippen LogP contribution in [0.2, 0.25) is 0 Å². The first-order valence-corrected chi connectivity index (χ1v) is 8.51. The van der Waals surface area contributed by atoms with Crippen LogP contribution in [0.1, 0.15) is 20.3 Å². The molecule has 7 heteroatoms. The van der Waals surface area contributed by atoms with Crippen molar-refractivity contribution < 1.29 is 13.2 Å². The van der Waals surface area contributed by atoms with Gasteiger partial charge in [-0.25, -0.2) is 8.42 Å². The molecule has 1 aromatic carbocycles. The number of carbonyl (C=O) groups is 1. The molecular formula is C14H23N3O3S. The molecule has 0 fully saturated rings. The number of amides is 1. The van der Waals surface area contributed by atoms with Crippen molar-refractivity contribution in [2.45, 2.75) is 31.2 Å². The van der Waals surface area contributed by atoms with Gasteiger partial charge in [-0.15, -0.1) is 0 Å². The summed E-state index contributed by atoms with van der Waals surface area (Å²) < 4.78 is 26.5. The van der Waals surface area contributed by atoms with E-state index in [0.29, 0.717) is 13.1 Å². The SMILES string of the molecule is CCCNCCNC(=O)C(C)NS(=O)(=O)c1ccccc1. The fourth-order valence-corrected chi connectivity index (χ4v) is 2.91. The smallest absolute Gasteiger partial charge is 0.241 e. The second kappa shape index (κ2) is 8.76. The van der Waals surface area contributed by atoms with Gasteiger partial charge in [0, 0.05) is 13.1 Å². The van der Waals surface area contributed by atoms with Gasteiger partial charge in [0.05, 0.1) is 10.9 Å². The molecule has 1 atom stereocenters. The summed E-state index contributed by atoms with van der Waals surface area (Å²) >= 11 is 0. The van der Waals surface area contributed by atoms with Crippen LogP contribution in [-0.4, -0.2) is 40.0 Å². The van der Waals surface area contributed by atoms with Gasteiger partial charge in [0.2, 0.25) is 15.9 Å². The van der Waals surface area contributed by atoms with Gasteiger partial charge in [-0.05, 0) is 32.0 Å². The van der Waals surface area contributed by atoms with Gasteiger partial charge in [-0.2, -0.15) is 4.72 Å². The molecule has 0 aromatic heterocycles. The third-order valence-corrected chi connectivity index (χ3v) is 4.36. The molecule has 118 valence electrons. The van der Waals surface area contributed by atoms with Crippen LogP contribution < -0.4 is 15.4 Å². The summed E-state index contributed by atoms with van der Waals surface area (Å²) in [6.45, 7) is 5.61. The van der Waals surface area contributed by atoms with Crippen LogP contribution in [0.3, 0.4) is 0 Å². The van der Waals surface area contributed by atoms with Gasteiger partial charge >= 0.3 is 0 Å². The molecule has 0 bridgehead atoms. The highest BCUT2D eigenvalue weighted by molar-refractivity contribution is 7.89. The minimum atomic E-state index is -3.67. The second-order valence-corrected chi connectivity index (χ2v) is 6.41. The molecule has 0 radical (unpaired) electrons. The van der Waals surface area contributed by atoms with Gasteiger partial charge in [-0.1, -0.05) is 25.1 Å². The molecule has 0 saturated carbocycles. The van der Waals surface area contributed by atoms with E-state index in [9.17, 15) is 13.2 Å². The van der Waals surface area contributed by atoms with E-state index in [1.54, 1.807) is 18.2 Å². The molecular weight excluding hydrogens is 290 g/mol. The van der Waals surface area contributed by atoms with Gasteiger partial charge in [0.1, 0.15) is 0 Å². The second-order valence-electron chi connectivity index (χ2n) is 4.70. The average Bonchev–Trinajstić information content (AvgIpc) is 2.47. The normalized spacial score (nSPS) is 12.9. The highest BCUT2D eigenvalue weighted by Crippen LogP contribution is 2.07. The molecule has 1 amide bonds. The van der Waals surface area contributed by atoms with E-state index in [1.807, 2.05) is 0 Å². The summed E-state index contributed by atoms with van der Waals surface area (Å²) in [6.07, 6.45) is 1.03. The predicted molar refractivity (Wildman–Crippen MR) is 82.4 cm³/mol. The molecule has 0 aliphatic rings. The lowest BCUT2D eigenvalue weighted by Crippen LogP contribution is -2.46. The van der Waals surface area contributed by atoms with Crippen LogP contribution in [0.4, 0.5) is 0 Å². The van der Waals surface area contributed by atoms with Crippen LogP contribution >= 0.6 is 0 Å². The summed E-state index contributed by atoms with van der Waals surface area (Å²) in [5, 5.41) is 5.84. The maximum absolute atomic E-state index is 12.1. The summed E-state index contributed by atoms with van der Waals surface area (Å²) in [6, 6.07) is 7.17. The van der Waals surface area contributed by atoms with Gasteiger partial charge < -0.3 is 10.6 Å². The fourth-order valence-electron chi connectivity index (χ4n) is 1.68. The van der Waals surface area contributed by atoms with Crippen LogP contribution in [0.15, 0.2) is 35.2 Å². The van der Waals surface area contributed by atoms with Crippen molar-refractivity contribution in [3.8, 4) is 0 Å². The van der Waals surface area contributed by atoms with E-state index in [2.05, 4.69) is 22.3 Å². The Morgan fingerprint density at radius 3 is 2.43 bits per heavy atom. The number of carbonyl (C=O) groups excluding carboxylic acids is 1. The molecule has 3 N–H and O–H groups in total. The Labute approximate surface area is 126 Å². The van der Waals surface area contributed by atoms with Crippen molar-refractivity contribution in [2.75, 3.05) is 19.6 Å². The highest BCUT2D eigenvalue weighted by Gasteiger charge is 2.21. The quantitative estimate of drug-likeness (QED) is 0.578. The van der Waals surface area contributed by atoms with E-state index in [0.717, 1.165) is 13.0 Å². The van der Waals surface area contributed by atoms with Crippen molar-refractivity contribution in [2.24, 2.45) is 0 Å². The Balaban J connectivity index is 2.45. The first-order chi connectivity index (χ1) is 9.97. The van der Waals surface area contributed by atoms with Gasteiger partial charge in [0.25, 0.3) is 0 Å². The maximum Gasteiger partial charge on any atom is 0.241 e. The van der Waals surface area contributed by atoms with Gasteiger partial charge in [0.15, 0.2) is 0 Å². The van der Waals surface area contributed by atoms with E-state index in [1.165, 1.54) is 19.1 Å². The van der Waals surface area contributed by atoms with Crippen molar-refractivity contribution >= 4 is 15.9 Å². The Morgan fingerprint density at radius 1 is 1.14 bits per heavy atom. The van der Waals surface area contributed by atoms with Crippen molar-refractivity contribution in [1.29, 1.82) is 0 Å². The number of benzene rings is 1. The summed E-state index contributed by atoms with van der Waals surface area (Å²) in [5.74, 6) is -0.340. The van der Waals surface area contributed by atoms with Crippen LogP contribution in [-0.2, 0) is 14.8 Å². The molecule has 1 rings (SSSR count). The highest BCUT2D eigenvalue weighted by atomic mass is 32.2. The monoisotopic (exact) mass is 313 g/mol. The fraction of sp³-hybridized carbons (Fsp3) is 0.500. The molecule has 0 saturated heterocycles. The standard InChI is InChI=1S/C14H23N3O3S/c1-3-9-15-10-11-16-14(18)12(2)17-21(19,20)13-7-5-4-6-8-13/h4-8,12,15,17H,3,9-11H2,1-2H3,(H,16,18). The lowest BCUT2D eigenvalue weighted by Gasteiger charge is -2.14. The Hall–Kier alpha value is -1.44. The van der Waals surface area contributed by atoms with E-state index >= 15 is 0 Å². The molecule has 1 aromatic rings. The number of hydrogen-bond acceptors (Lipinski definition) is 4. The Kier molecular flexibility index (Phi) is 7.35. The number of hydrogen-bond donors (Lipinski definition) is 3. The molecule has 21 heavy (non-hydrogen) atoms. The lowest BCUT2D eigenvalue weighted by molar-refractivity contribution is -0.122. The number of sulfonamides is 1. The summed E-state index contributed by atoms with van der Waals surface area (Å²) in [5.41, 5.74) is 0. The molecule has 6 nitrogen and oxygen atoms in total. The maximum atomic E-state index is 12.1. The van der Waals surface area contributed by atoms with Crippen LogP contribution in [0.25, 0.3) is 0 Å².